The number of aliphatic hydroxyl groups is 1. The van der Waals surface area contributed by atoms with Crippen molar-refractivity contribution in [3.8, 4) is 5.75 Å². The summed E-state index contributed by atoms with van der Waals surface area (Å²) < 4.78 is 6.63. The molecular weight excluding hydrogens is 246 g/mol. The van der Waals surface area contributed by atoms with E-state index in [1.54, 1.807) is 48.3 Å². The molecule has 1 aromatic heterocycles. The van der Waals surface area contributed by atoms with Gasteiger partial charge in [-0.05, 0) is 24.3 Å². The van der Waals surface area contributed by atoms with Crippen molar-refractivity contribution >= 4 is 11.6 Å². The van der Waals surface area contributed by atoms with Crippen LogP contribution in [0.2, 0.25) is 0 Å². The highest BCUT2D eigenvalue weighted by atomic mass is 16.5. The maximum atomic E-state index is 11.8. The van der Waals surface area contributed by atoms with Gasteiger partial charge in [0, 0.05) is 18.1 Å². The minimum absolute atomic E-state index is 0.113. The van der Waals surface area contributed by atoms with Crippen LogP contribution in [0.1, 0.15) is 5.82 Å². The number of hydrogen-bond acceptors (Lipinski definition) is 4. The number of hydrogen-bond donors (Lipinski definition) is 2. The van der Waals surface area contributed by atoms with Crippen LogP contribution >= 0.6 is 0 Å². The Morgan fingerprint density at radius 1 is 1.42 bits per heavy atom. The van der Waals surface area contributed by atoms with Gasteiger partial charge in [-0.3, -0.25) is 4.79 Å². The maximum Gasteiger partial charge on any atom is 0.244 e. The highest BCUT2D eigenvalue weighted by Crippen LogP contribution is 2.15. The molecule has 2 N–H and O–H groups in total. The maximum absolute atomic E-state index is 11.8. The van der Waals surface area contributed by atoms with Crippen LogP contribution in [0.15, 0.2) is 36.7 Å². The van der Waals surface area contributed by atoms with Gasteiger partial charge in [0.05, 0.1) is 7.11 Å². The molecule has 1 aromatic carbocycles. The Morgan fingerprint density at radius 3 is 2.79 bits per heavy atom. The van der Waals surface area contributed by atoms with E-state index < -0.39 is 0 Å². The van der Waals surface area contributed by atoms with Crippen molar-refractivity contribution in [2.45, 2.75) is 13.2 Å². The second-order valence-electron chi connectivity index (χ2n) is 3.91. The molecule has 0 atom stereocenters. The number of anilines is 1. The SMILES string of the molecule is COc1ccc(NC(=O)Cn2ccnc2CO)cc1. The topological polar surface area (TPSA) is 76.4 Å². The molecule has 6 nitrogen and oxygen atoms in total. The number of amides is 1. The fourth-order valence-corrected chi connectivity index (χ4v) is 1.67. The fourth-order valence-electron chi connectivity index (χ4n) is 1.67. The summed E-state index contributed by atoms with van der Waals surface area (Å²) in [6.45, 7) is -0.0786. The second kappa shape index (κ2) is 6.01. The van der Waals surface area contributed by atoms with Crippen molar-refractivity contribution < 1.29 is 14.6 Å². The summed E-state index contributed by atoms with van der Waals surface area (Å²) in [5.41, 5.74) is 0.691. The largest absolute Gasteiger partial charge is 0.497 e. The molecule has 0 saturated carbocycles. The lowest BCUT2D eigenvalue weighted by atomic mass is 10.3. The molecule has 100 valence electrons. The molecule has 0 aliphatic rings. The van der Waals surface area contributed by atoms with E-state index >= 15 is 0 Å². The summed E-state index contributed by atoms with van der Waals surface area (Å²) in [6, 6.07) is 7.06. The summed E-state index contributed by atoms with van der Waals surface area (Å²) in [6.07, 6.45) is 3.20. The fraction of sp³-hybridized carbons (Fsp3) is 0.231. The number of rotatable bonds is 5. The Bertz CT molecular complexity index is 549. The normalized spacial score (nSPS) is 10.2. The average molecular weight is 261 g/mol. The summed E-state index contributed by atoms with van der Waals surface area (Å²) in [7, 11) is 1.59. The average Bonchev–Trinajstić information content (AvgIpc) is 2.86. The number of methoxy groups -OCH3 is 1. The molecule has 0 spiro atoms. The van der Waals surface area contributed by atoms with Crippen LogP contribution < -0.4 is 10.1 Å². The molecule has 2 aromatic rings. The van der Waals surface area contributed by atoms with E-state index in [1.807, 2.05) is 0 Å². The van der Waals surface area contributed by atoms with Crippen LogP contribution in [-0.2, 0) is 17.9 Å². The van der Waals surface area contributed by atoms with Gasteiger partial charge in [0.15, 0.2) is 0 Å². The quantitative estimate of drug-likeness (QED) is 0.842. The van der Waals surface area contributed by atoms with Crippen molar-refractivity contribution in [1.82, 2.24) is 9.55 Å². The van der Waals surface area contributed by atoms with E-state index in [9.17, 15) is 4.79 Å². The molecule has 0 aliphatic carbocycles. The minimum Gasteiger partial charge on any atom is -0.497 e. The van der Waals surface area contributed by atoms with Crippen molar-refractivity contribution in [2.75, 3.05) is 12.4 Å². The first-order chi connectivity index (χ1) is 9.22. The van der Waals surface area contributed by atoms with Gasteiger partial charge in [0.2, 0.25) is 5.91 Å². The Balaban J connectivity index is 1.97. The van der Waals surface area contributed by atoms with Crippen LogP contribution in [-0.4, -0.2) is 27.7 Å². The number of aliphatic hydroxyl groups excluding tert-OH is 1. The lowest BCUT2D eigenvalue weighted by molar-refractivity contribution is -0.116. The molecule has 6 heteroatoms. The van der Waals surface area contributed by atoms with Gasteiger partial charge in [-0.2, -0.15) is 0 Å². The van der Waals surface area contributed by atoms with Gasteiger partial charge >= 0.3 is 0 Å². The molecule has 0 bridgehead atoms. The molecule has 0 fully saturated rings. The van der Waals surface area contributed by atoms with Gasteiger partial charge < -0.3 is 19.7 Å². The number of imidazole rings is 1. The first kappa shape index (κ1) is 13.1. The van der Waals surface area contributed by atoms with Crippen molar-refractivity contribution in [3.63, 3.8) is 0 Å². The first-order valence-electron chi connectivity index (χ1n) is 5.77. The van der Waals surface area contributed by atoms with E-state index in [4.69, 9.17) is 9.84 Å². The Hall–Kier alpha value is -2.34. The molecule has 1 amide bonds. The summed E-state index contributed by atoms with van der Waals surface area (Å²) >= 11 is 0. The van der Waals surface area contributed by atoms with Gasteiger partial charge in [-0.1, -0.05) is 0 Å². The van der Waals surface area contributed by atoms with Crippen LogP contribution in [0, 0.1) is 0 Å². The molecular formula is C13H15N3O3. The Morgan fingerprint density at radius 2 is 2.16 bits per heavy atom. The Labute approximate surface area is 110 Å². The Kier molecular flexibility index (Phi) is 4.15. The predicted molar refractivity (Wildman–Crippen MR) is 69.8 cm³/mol. The molecule has 0 aliphatic heterocycles. The van der Waals surface area contributed by atoms with Crippen LogP contribution in [0.5, 0.6) is 5.75 Å². The highest BCUT2D eigenvalue weighted by Gasteiger charge is 2.07. The lowest BCUT2D eigenvalue weighted by Crippen LogP contribution is -2.19. The number of ether oxygens (including phenoxy) is 1. The number of benzene rings is 1. The smallest absolute Gasteiger partial charge is 0.244 e. The van der Waals surface area contributed by atoms with Gasteiger partial charge in [0.1, 0.15) is 24.7 Å². The van der Waals surface area contributed by atoms with Gasteiger partial charge in [-0.25, -0.2) is 4.98 Å². The van der Waals surface area contributed by atoms with Gasteiger partial charge in [-0.15, -0.1) is 0 Å². The number of carbonyl (C=O) groups excluding carboxylic acids is 1. The van der Waals surface area contributed by atoms with Gasteiger partial charge in [0.25, 0.3) is 0 Å². The van der Waals surface area contributed by atoms with E-state index in [2.05, 4.69) is 10.3 Å². The van der Waals surface area contributed by atoms with E-state index in [0.29, 0.717) is 11.5 Å². The summed E-state index contributed by atoms with van der Waals surface area (Å²) in [4.78, 5) is 15.8. The zero-order valence-corrected chi connectivity index (χ0v) is 10.5. The van der Waals surface area contributed by atoms with Crippen LogP contribution in [0.4, 0.5) is 5.69 Å². The zero-order valence-electron chi connectivity index (χ0n) is 10.5. The monoisotopic (exact) mass is 261 g/mol. The number of aromatic nitrogens is 2. The van der Waals surface area contributed by atoms with Crippen molar-refractivity contribution in [2.24, 2.45) is 0 Å². The number of nitrogens with one attached hydrogen (secondary N) is 1. The molecule has 1 heterocycles. The van der Waals surface area contributed by atoms with Crippen molar-refractivity contribution in [3.05, 3.63) is 42.5 Å². The second-order valence-corrected chi connectivity index (χ2v) is 3.91. The lowest BCUT2D eigenvalue weighted by Gasteiger charge is -2.08. The molecule has 0 unspecified atom stereocenters. The summed E-state index contributed by atoms with van der Waals surface area (Å²) in [5.74, 6) is 1.01. The molecule has 2 rings (SSSR count). The zero-order chi connectivity index (χ0) is 13.7. The van der Waals surface area contributed by atoms with Crippen LogP contribution in [0.3, 0.4) is 0 Å². The molecule has 19 heavy (non-hydrogen) atoms. The number of nitrogens with zero attached hydrogens (tertiary/aromatic N) is 2. The van der Waals surface area contributed by atoms with E-state index in [0.717, 1.165) is 5.75 Å². The van der Waals surface area contributed by atoms with Crippen LogP contribution in [0.25, 0.3) is 0 Å². The van der Waals surface area contributed by atoms with E-state index in [1.165, 1.54) is 0 Å². The predicted octanol–water partition coefficient (Wildman–Crippen LogP) is 1.02. The molecule has 0 saturated heterocycles. The first-order valence-corrected chi connectivity index (χ1v) is 5.77. The molecule has 0 radical (unpaired) electrons. The number of carbonyl (C=O) groups is 1. The highest BCUT2D eigenvalue weighted by molar-refractivity contribution is 5.90. The third-order valence-electron chi connectivity index (χ3n) is 2.63. The van der Waals surface area contributed by atoms with Crippen molar-refractivity contribution in [1.29, 1.82) is 0 Å². The standard InChI is InChI=1S/C13H15N3O3/c1-19-11-4-2-10(3-5-11)15-13(18)8-16-7-6-14-12(16)9-17/h2-7,17H,8-9H2,1H3,(H,15,18). The third kappa shape index (κ3) is 3.32. The third-order valence-corrected chi connectivity index (χ3v) is 2.63. The minimum atomic E-state index is -0.192. The van der Waals surface area contributed by atoms with E-state index in [-0.39, 0.29) is 19.1 Å². The summed E-state index contributed by atoms with van der Waals surface area (Å²) in [5, 5.41) is 11.8.